The van der Waals surface area contributed by atoms with Crippen LogP contribution in [0.15, 0.2) is 29.6 Å². The predicted octanol–water partition coefficient (Wildman–Crippen LogP) is 2.88. The van der Waals surface area contributed by atoms with Crippen molar-refractivity contribution in [1.29, 1.82) is 0 Å². The van der Waals surface area contributed by atoms with E-state index < -0.39 is 0 Å². The van der Waals surface area contributed by atoms with Crippen molar-refractivity contribution in [1.82, 2.24) is 10.3 Å². The van der Waals surface area contributed by atoms with Gasteiger partial charge in [-0.1, -0.05) is 18.2 Å². The normalized spacial score (nSPS) is 10.5. The van der Waals surface area contributed by atoms with Gasteiger partial charge in [0.25, 0.3) is 0 Å². The van der Waals surface area contributed by atoms with Gasteiger partial charge in [-0.2, -0.15) is 0 Å². The first-order chi connectivity index (χ1) is 9.65. The Morgan fingerprint density at radius 2 is 2.15 bits per heavy atom. The number of hydrogen-bond acceptors (Lipinski definition) is 3. The van der Waals surface area contributed by atoms with E-state index in [9.17, 15) is 9.18 Å². The number of aromatic nitrogens is 1. The highest BCUT2D eigenvalue weighted by molar-refractivity contribution is 7.09. The minimum atomic E-state index is -0.223. The minimum absolute atomic E-state index is 0.0213. The highest BCUT2D eigenvalue weighted by Gasteiger charge is 2.05. The zero-order valence-corrected chi connectivity index (χ0v) is 12.2. The van der Waals surface area contributed by atoms with Crippen molar-refractivity contribution in [3.8, 4) is 0 Å². The van der Waals surface area contributed by atoms with Crippen molar-refractivity contribution in [2.24, 2.45) is 0 Å². The van der Waals surface area contributed by atoms with Crippen LogP contribution in [0, 0.1) is 12.7 Å². The Labute approximate surface area is 121 Å². The van der Waals surface area contributed by atoms with Crippen molar-refractivity contribution < 1.29 is 9.18 Å². The number of carbonyl (C=O) groups excluding carboxylic acids is 1. The van der Waals surface area contributed by atoms with Crippen molar-refractivity contribution in [2.75, 3.05) is 6.54 Å². The standard InChI is InChI=1S/C15H17FN2OS/c1-11-18-13(10-20-11)6-7-15(19)17-9-8-12-4-2-3-5-14(12)16/h2-5,10H,6-9H2,1H3,(H,17,19). The lowest BCUT2D eigenvalue weighted by atomic mass is 10.1. The third-order valence-electron chi connectivity index (χ3n) is 2.95. The molecule has 20 heavy (non-hydrogen) atoms. The van der Waals surface area contributed by atoms with Gasteiger partial charge < -0.3 is 5.32 Å². The van der Waals surface area contributed by atoms with Crippen LogP contribution in [0.3, 0.4) is 0 Å². The van der Waals surface area contributed by atoms with E-state index in [2.05, 4.69) is 10.3 Å². The average Bonchev–Trinajstić information content (AvgIpc) is 2.84. The number of thiazole rings is 1. The molecule has 0 unspecified atom stereocenters. The molecule has 1 aromatic heterocycles. The fourth-order valence-electron chi connectivity index (χ4n) is 1.89. The SMILES string of the molecule is Cc1nc(CCC(=O)NCCc2ccccc2F)cs1. The molecular formula is C15H17FN2OS. The zero-order valence-electron chi connectivity index (χ0n) is 11.4. The highest BCUT2D eigenvalue weighted by atomic mass is 32.1. The molecule has 0 atom stereocenters. The molecule has 1 aromatic carbocycles. The van der Waals surface area contributed by atoms with Crippen LogP contribution in [-0.2, 0) is 17.6 Å². The summed E-state index contributed by atoms with van der Waals surface area (Å²) in [5.74, 6) is -0.244. The van der Waals surface area contributed by atoms with Gasteiger partial charge in [0.1, 0.15) is 5.82 Å². The lowest BCUT2D eigenvalue weighted by Crippen LogP contribution is -2.26. The van der Waals surface area contributed by atoms with Crippen LogP contribution in [0.4, 0.5) is 4.39 Å². The maximum atomic E-state index is 13.4. The Hall–Kier alpha value is -1.75. The quantitative estimate of drug-likeness (QED) is 0.889. The van der Waals surface area contributed by atoms with Crippen LogP contribution in [0.5, 0.6) is 0 Å². The van der Waals surface area contributed by atoms with Gasteiger partial charge in [-0.15, -0.1) is 11.3 Å². The van der Waals surface area contributed by atoms with Crippen LogP contribution in [-0.4, -0.2) is 17.4 Å². The van der Waals surface area contributed by atoms with E-state index in [1.807, 2.05) is 12.3 Å². The maximum Gasteiger partial charge on any atom is 0.220 e. The molecule has 1 amide bonds. The summed E-state index contributed by atoms with van der Waals surface area (Å²) in [6, 6.07) is 6.62. The van der Waals surface area contributed by atoms with E-state index in [0.717, 1.165) is 10.7 Å². The van der Waals surface area contributed by atoms with Crippen LogP contribution in [0.1, 0.15) is 22.7 Å². The van der Waals surface area contributed by atoms with Crippen molar-refractivity contribution in [2.45, 2.75) is 26.2 Å². The number of nitrogens with one attached hydrogen (secondary N) is 1. The first-order valence-electron chi connectivity index (χ1n) is 6.56. The number of hydrogen-bond donors (Lipinski definition) is 1. The molecule has 3 nitrogen and oxygen atoms in total. The fraction of sp³-hybridized carbons (Fsp3) is 0.333. The molecule has 1 heterocycles. The summed E-state index contributed by atoms with van der Waals surface area (Å²) >= 11 is 1.59. The number of nitrogens with zero attached hydrogens (tertiary/aromatic N) is 1. The molecule has 0 spiro atoms. The molecule has 0 aliphatic rings. The van der Waals surface area contributed by atoms with E-state index >= 15 is 0 Å². The molecule has 0 fully saturated rings. The number of carbonyl (C=O) groups is 1. The van der Waals surface area contributed by atoms with E-state index in [4.69, 9.17) is 0 Å². The van der Waals surface area contributed by atoms with Gasteiger partial charge in [-0.25, -0.2) is 9.37 Å². The van der Waals surface area contributed by atoms with Crippen LogP contribution in [0.2, 0.25) is 0 Å². The number of amides is 1. The van der Waals surface area contributed by atoms with Crippen LogP contribution >= 0.6 is 11.3 Å². The molecular weight excluding hydrogens is 275 g/mol. The molecule has 2 aromatic rings. The van der Waals surface area contributed by atoms with Crippen LogP contribution < -0.4 is 5.32 Å². The molecule has 0 saturated carbocycles. The summed E-state index contributed by atoms with van der Waals surface area (Å²) in [5.41, 5.74) is 1.58. The van der Waals surface area contributed by atoms with Gasteiger partial charge in [-0.3, -0.25) is 4.79 Å². The molecule has 0 saturated heterocycles. The molecule has 0 aliphatic carbocycles. The number of benzene rings is 1. The number of aryl methyl sites for hydroxylation is 2. The number of rotatable bonds is 6. The molecule has 106 valence electrons. The molecule has 2 rings (SSSR count). The second kappa shape index (κ2) is 7.14. The van der Waals surface area contributed by atoms with Gasteiger partial charge >= 0.3 is 0 Å². The molecule has 0 aliphatic heterocycles. The largest absolute Gasteiger partial charge is 0.356 e. The van der Waals surface area contributed by atoms with Gasteiger partial charge in [0.05, 0.1) is 10.7 Å². The van der Waals surface area contributed by atoms with E-state index in [0.29, 0.717) is 31.4 Å². The average molecular weight is 292 g/mol. The summed E-state index contributed by atoms with van der Waals surface area (Å²) in [5, 5.41) is 5.79. The highest BCUT2D eigenvalue weighted by Crippen LogP contribution is 2.09. The van der Waals surface area contributed by atoms with Crippen LogP contribution in [0.25, 0.3) is 0 Å². The predicted molar refractivity (Wildman–Crippen MR) is 78.3 cm³/mol. The first-order valence-corrected chi connectivity index (χ1v) is 7.44. The van der Waals surface area contributed by atoms with Gasteiger partial charge in [-0.05, 0) is 31.4 Å². The lowest BCUT2D eigenvalue weighted by Gasteiger charge is -2.05. The molecule has 0 bridgehead atoms. The second-order valence-corrected chi connectivity index (χ2v) is 5.61. The Morgan fingerprint density at radius 1 is 1.35 bits per heavy atom. The second-order valence-electron chi connectivity index (χ2n) is 4.55. The summed E-state index contributed by atoms with van der Waals surface area (Å²) in [4.78, 5) is 16.0. The molecule has 0 radical (unpaired) electrons. The summed E-state index contributed by atoms with van der Waals surface area (Å²) in [6.45, 7) is 2.40. The van der Waals surface area contributed by atoms with E-state index in [1.54, 1.807) is 29.5 Å². The Morgan fingerprint density at radius 3 is 2.85 bits per heavy atom. The third kappa shape index (κ3) is 4.42. The van der Waals surface area contributed by atoms with E-state index in [-0.39, 0.29) is 11.7 Å². The first kappa shape index (κ1) is 14.7. The zero-order chi connectivity index (χ0) is 14.4. The van der Waals surface area contributed by atoms with Crippen molar-refractivity contribution in [3.63, 3.8) is 0 Å². The van der Waals surface area contributed by atoms with Gasteiger partial charge in [0, 0.05) is 18.3 Å². The Bertz CT molecular complexity index is 583. The summed E-state index contributed by atoms with van der Waals surface area (Å²) in [6.07, 6.45) is 1.57. The molecule has 1 N–H and O–H groups in total. The van der Waals surface area contributed by atoms with Gasteiger partial charge in [0.15, 0.2) is 0 Å². The maximum absolute atomic E-state index is 13.4. The fourth-order valence-corrected chi connectivity index (χ4v) is 2.54. The third-order valence-corrected chi connectivity index (χ3v) is 3.77. The molecule has 5 heteroatoms. The Kier molecular flexibility index (Phi) is 5.24. The topological polar surface area (TPSA) is 42.0 Å². The minimum Gasteiger partial charge on any atom is -0.356 e. The Balaban J connectivity index is 1.69. The lowest BCUT2D eigenvalue weighted by molar-refractivity contribution is -0.121. The monoisotopic (exact) mass is 292 g/mol. The van der Waals surface area contributed by atoms with Crippen molar-refractivity contribution >= 4 is 17.2 Å². The summed E-state index contributed by atoms with van der Waals surface area (Å²) < 4.78 is 13.4. The van der Waals surface area contributed by atoms with E-state index in [1.165, 1.54) is 6.07 Å². The smallest absolute Gasteiger partial charge is 0.220 e. The van der Waals surface area contributed by atoms with Gasteiger partial charge in [0.2, 0.25) is 5.91 Å². The van der Waals surface area contributed by atoms with Crippen molar-refractivity contribution in [3.05, 3.63) is 51.7 Å². The summed E-state index contributed by atoms with van der Waals surface area (Å²) in [7, 11) is 0. The number of halogens is 1.